The molecule has 2 saturated heterocycles. The van der Waals surface area contributed by atoms with Gasteiger partial charge in [0.15, 0.2) is 5.96 Å². The number of amides is 1. The largest absolute Gasteiger partial charge is 0.373 e. The highest BCUT2D eigenvalue weighted by atomic mass is 127. The molecule has 2 N–H and O–H groups in total. The van der Waals surface area contributed by atoms with Crippen molar-refractivity contribution in [3.8, 4) is 0 Å². The third-order valence-corrected chi connectivity index (χ3v) is 5.56. The zero-order chi connectivity index (χ0) is 19.8. The Labute approximate surface area is 191 Å². The van der Waals surface area contributed by atoms with E-state index in [0.29, 0.717) is 11.9 Å². The quantitative estimate of drug-likeness (QED) is 0.348. The van der Waals surface area contributed by atoms with Crippen LogP contribution >= 0.6 is 24.0 Å². The number of aryl methyl sites for hydroxylation is 1. The summed E-state index contributed by atoms with van der Waals surface area (Å²) in [4.78, 5) is 18.7. The van der Waals surface area contributed by atoms with Gasteiger partial charge in [-0.25, -0.2) is 4.99 Å². The fraction of sp³-hybridized carbons (Fsp3) is 0.636. The first-order chi connectivity index (χ1) is 13.7. The van der Waals surface area contributed by atoms with Crippen LogP contribution in [0, 0.1) is 12.8 Å². The average molecular weight is 514 g/mol. The lowest BCUT2D eigenvalue weighted by Crippen LogP contribution is -2.42. The van der Waals surface area contributed by atoms with Crippen LogP contribution in [-0.4, -0.2) is 56.1 Å². The number of carbonyl (C=O) groups is 1. The molecule has 0 aromatic heterocycles. The maximum Gasteiger partial charge on any atom is 0.244 e. The lowest BCUT2D eigenvalue weighted by Gasteiger charge is -2.32. The Morgan fingerprint density at radius 2 is 1.90 bits per heavy atom. The van der Waals surface area contributed by atoms with Crippen LogP contribution in [-0.2, 0) is 9.53 Å². The van der Waals surface area contributed by atoms with Crippen LogP contribution in [0.25, 0.3) is 0 Å². The smallest absolute Gasteiger partial charge is 0.244 e. The predicted octanol–water partition coefficient (Wildman–Crippen LogP) is 3.26. The summed E-state index contributed by atoms with van der Waals surface area (Å²) in [6.45, 7) is 8.46. The lowest BCUT2D eigenvalue weighted by molar-refractivity contribution is -0.128. The second-order valence-electron chi connectivity index (χ2n) is 7.77. The monoisotopic (exact) mass is 514 g/mol. The molecule has 2 fully saturated rings. The van der Waals surface area contributed by atoms with Crippen molar-refractivity contribution >= 4 is 35.8 Å². The fourth-order valence-electron chi connectivity index (χ4n) is 3.96. The van der Waals surface area contributed by atoms with Crippen LogP contribution in [0.3, 0.4) is 0 Å². The topological polar surface area (TPSA) is 66.0 Å². The van der Waals surface area contributed by atoms with Gasteiger partial charge in [-0.2, -0.15) is 0 Å². The number of hydrogen-bond donors (Lipinski definition) is 2. The van der Waals surface area contributed by atoms with Gasteiger partial charge in [-0.15, -0.1) is 24.0 Å². The first-order valence-electron chi connectivity index (χ1n) is 10.7. The Balaban J connectivity index is 0.00000300. The number of guanidine groups is 1. The van der Waals surface area contributed by atoms with Crippen molar-refractivity contribution in [1.82, 2.24) is 15.5 Å². The molecule has 162 valence electrons. The number of aliphatic imine (C=N–C) groups is 1. The van der Waals surface area contributed by atoms with Crippen LogP contribution in [0.15, 0.2) is 29.3 Å². The summed E-state index contributed by atoms with van der Waals surface area (Å²) >= 11 is 0. The Bertz CT molecular complexity index is 659. The van der Waals surface area contributed by atoms with Crippen molar-refractivity contribution in [2.75, 3.05) is 39.3 Å². The zero-order valence-electron chi connectivity index (χ0n) is 17.7. The Morgan fingerprint density at radius 3 is 2.59 bits per heavy atom. The number of nitrogens with one attached hydrogen (secondary N) is 2. The summed E-state index contributed by atoms with van der Waals surface area (Å²) in [5.74, 6) is 1.21. The molecule has 0 saturated carbocycles. The van der Waals surface area contributed by atoms with Crippen LogP contribution in [0.2, 0.25) is 0 Å². The van der Waals surface area contributed by atoms with E-state index in [2.05, 4.69) is 46.8 Å². The molecule has 2 unspecified atom stereocenters. The van der Waals surface area contributed by atoms with E-state index in [-0.39, 0.29) is 42.5 Å². The Morgan fingerprint density at radius 1 is 1.17 bits per heavy atom. The normalized spacial score (nSPS) is 22.1. The first kappa shape index (κ1) is 23.9. The minimum Gasteiger partial charge on any atom is -0.373 e. The first-order valence-corrected chi connectivity index (χ1v) is 10.7. The van der Waals surface area contributed by atoms with Gasteiger partial charge in [0.1, 0.15) is 6.54 Å². The second-order valence-corrected chi connectivity index (χ2v) is 7.77. The molecule has 2 aliphatic heterocycles. The number of halogens is 1. The van der Waals surface area contributed by atoms with E-state index in [9.17, 15) is 4.79 Å². The number of likely N-dealkylation sites (tertiary alicyclic amines) is 1. The summed E-state index contributed by atoms with van der Waals surface area (Å²) in [6.07, 6.45) is 4.52. The van der Waals surface area contributed by atoms with Crippen LogP contribution in [0.1, 0.15) is 49.8 Å². The highest BCUT2D eigenvalue weighted by molar-refractivity contribution is 14.0. The molecule has 0 radical (unpaired) electrons. The van der Waals surface area contributed by atoms with Gasteiger partial charge in [-0.05, 0) is 45.1 Å². The number of ether oxygens (including phenoxy) is 1. The molecule has 1 aromatic carbocycles. The van der Waals surface area contributed by atoms with E-state index in [1.165, 1.54) is 11.1 Å². The number of nitrogens with zero attached hydrogens (tertiary/aromatic N) is 2. The summed E-state index contributed by atoms with van der Waals surface area (Å²) in [5, 5.41) is 6.69. The zero-order valence-corrected chi connectivity index (χ0v) is 20.0. The predicted molar refractivity (Wildman–Crippen MR) is 128 cm³/mol. The molecule has 0 bridgehead atoms. The summed E-state index contributed by atoms with van der Waals surface area (Å²) in [7, 11) is 0. The van der Waals surface area contributed by atoms with Gasteiger partial charge >= 0.3 is 0 Å². The van der Waals surface area contributed by atoms with Gasteiger partial charge in [-0.3, -0.25) is 4.79 Å². The van der Waals surface area contributed by atoms with Crippen molar-refractivity contribution in [3.63, 3.8) is 0 Å². The lowest BCUT2D eigenvalue weighted by atomic mass is 9.89. The van der Waals surface area contributed by atoms with E-state index in [1.807, 2.05) is 11.8 Å². The van der Waals surface area contributed by atoms with Gasteiger partial charge in [0.25, 0.3) is 0 Å². The maximum atomic E-state index is 12.3. The molecule has 6 nitrogen and oxygen atoms in total. The van der Waals surface area contributed by atoms with Gasteiger partial charge in [-0.1, -0.05) is 29.8 Å². The standard InChI is InChI=1S/C22H34N4O2.HI/c1-3-23-22(25-16-20(27)26-12-4-5-13-26)24-15-19-7-6-14-28-21(19)18-10-8-17(2)9-11-18;/h8-11,19,21H,3-7,12-16H2,1-2H3,(H2,23,24,25);1H. The molecule has 0 spiro atoms. The molecule has 1 amide bonds. The Hall–Kier alpha value is -1.35. The third kappa shape index (κ3) is 7.13. The van der Waals surface area contributed by atoms with Crippen molar-refractivity contribution in [2.45, 2.75) is 45.6 Å². The number of benzene rings is 1. The molecule has 29 heavy (non-hydrogen) atoms. The van der Waals surface area contributed by atoms with Crippen molar-refractivity contribution in [2.24, 2.45) is 10.9 Å². The molecular formula is C22H35IN4O2. The molecular weight excluding hydrogens is 479 g/mol. The van der Waals surface area contributed by atoms with Crippen molar-refractivity contribution < 1.29 is 9.53 Å². The van der Waals surface area contributed by atoms with Crippen molar-refractivity contribution in [1.29, 1.82) is 0 Å². The van der Waals surface area contributed by atoms with Crippen LogP contribution in [0.4, 0.5) is 0 Å². The number of hydrogen-bond acceptors (Lipinski definition) is 3. The molecule has 7 heteroatoms. The minimum absolute atomic E-state index is 0. The van der Waals surface area contributed by atoms with E-state index in [0.717, 1.165) is 58.5 Å². The molecule has 0 aliphatic carbocycles. The molecule has 2 heterocycles. The Kier molecular flexibility index (Phi) is 10.2. The van der Waals surface area contributed by atoms with Crippen LogP contribution in [0.5, 0.6) is 0 Å². The van der Waals surface area contributed by atoms with Crippen molar-refractivity contribution in [3.05, 3.63) is 35.4 Å². The summed E-state index contributed by atoms with van der Waals surface area (Å²) in [6, 6.07) is 8.64. The van der Waals surface area contributed by atoms with Gasteiger partial charge in [0.05, 0.1) is 6.10 Å². The van der Waals surface area contributed by atoms with Gasteiger partial charge in [0, 0.05) is 38.7 Å². The number of carbonyl (C=O) groups excluding carboxylic acids is 1. The van der Waals surface area contributed by atoms with E-state index >= 15 is 0 Å². The third-order valence-electron chi connectivity index (χ3n) is 5.56. The molecule has 3 rings (SSSR count). The fourth-order valence-corrected chi connectivity index (χ4v) is 3.96. The van der Waals surface area contributed by atoms with E-state index in [1.54, 1.807) is 0 Å². The van der Waals surface area contributed by atoms with Crippen LogP contribution < -0.4 is 10.6 Å². The highest BCUT2D eigenvalue weighted by Crippen LogP contribution is 2.33. The van der Waals surface area contributed by atoms with E-state index in [4.69, 9.17) is 4.74 Å². The molecule has 1 aromatic rings. The second kappa shape index (κ2) is 12.4. The average Bonchev–Trinajstić information content (AvgIpc) is 3.26. The van der Waals surface area contributed by atoms with Gasteiger partial charge < -0.3 is 20.3 Å². The number of rotatable bonds is 6. The summed E-state index contributed by atoms with van der Waals surface area (Å²) < 4.78 is 6.11. The maximum absolute atomic E-state index is 12.3. The van der Waals surface area contributed by atoms with E-state index < -0.39 is 0 Å². The molecule has 2 aliphatic rings. The minimum atomic E-state index is 0. The SMILES string of the molecule is CCNC(=NCC(=O)N1CCCC1)NCC1CCCOC1c1ccc(C)cc1.I. The highest BCUT2D eigenvalue weighted by Gasteiger charge is 2.27. The summed E-state index contributed by atoms with van der Waals surface area (Å²) in [5.41, 5.74) is 2.50. The van der Waals surface area contributed by atoms with Gasteiger partial charge in [0.2, 0.25) is 5.91 Å². The molecule has 2 atom stereocenters.